The monoisotopic (exact) mass is 391 g/mol. The number of nitrogens with one attached hydrogen (secondary N) is 2. The topological polar surface area (TPSA) is 99.4 Å². The van der Waals surface area contributed by atoms with E-state index in [1.54, 1.807) is 18.3 Å². The van der Waals surface area contributed by atoms with Gasteiger partial charge in [-0.25, -0.2) is 9.97 Å². The molecule has 8 nitrogen and oxygen atoms in total. The second kappa shape index (κ2) is 8.98. The van der Waals surface area contributed by atoms with Crippen molar-refractivity contribution in [3.63, 3.8) is 0 Å². The van der Waals surface area contributed by atoms with Crippen LogP contribution < -0.4 is 20.1 Å². The van der Waals surface area contributed by atoms with Crippen LogP contribution in [0, 0.1) is 5.95 Å². The number of halogens is 1. The van der Waals surface area contributed by atoms with Crippen molar-refractivity contribution < 1.29 is 9.18 Å². The number of amides is 1. The number of piperazine rings is 1. The number of hydrogen-bond donors (Lipinski definition) is 3. The van der Waals surface area contributed by atoms with Crippen LogP contribution in [0.3, 0.4) is 0 Å². The van der Waals surface area contributed by atoms with Crippen LogP contribution in [0.15, 0.2) is 30.5 Å². The number of carbonyl (C=O) groups excluding carboxylic acids is 1. The van der Waals surface area contributed by atoms with E-state index in [4.69, 9.17) is 5.14 Å². The Morgan fingerprint density at radius 1 is 1.30 bits per heavy atom. The second-order valence-electron chi connectivity index (χ2n) is 6.12. The molecule has 3 heterocycles. The van der Waals surface area contributed by atoms with Crippen molar-refractivity contribution in [1.82, 2.24) is 20.2 Å². The number of aromatic nitrogens is 2. The normalized spacial score (nSPS) is 14.9. The lowest BCUT2D eigenvalue weighted by Crippen LogP contribution is -2.46. The van der Waals surface area contributed by atoms with E-state index in [1.165, 1.54) is 7.05 Å². The molecule has 144 valence electrons. The quantitative estimate of drug-likeness (QED) is 0.500. The summed E-state index contributed by atoms with van der Waals surface area (Å²) in [7, 11) is 1.49. The fourth-order valence-electron chi connectivity index (χ4n) is 3.01. The highest BCUT2D eigenvalue weighted by molar-refractivity contribution is 7.98. The van der Waals surface area contributed by atoms with E-state index in [2.05, 4.69) is 24.9 Å². The lowest BCUT2D eigenvalue weighted by Gasteiger charge is -2.36. The molecule has 1 aliphatic heterocycles. The zero-order chi connectivity index (χ0) is 19.2. The predicted molar refractivity (Wildman–Crippen MR) is 105 cm³/mol. The first-order chi connectivity index (χ1) is 13.1. The lowest BCUT2D eigenvalue weighted by atomic mass is 10.2. The molecule has 1 aliphatic rings. The first-order valence-electron chi connectivity index (χ1n) is 8.53. The van der Waals surface area contributed by atoms with Crippen LogP contribution in [-0.4, -0.2) is 54.0 Å². The number of carbonyl (C=O) groups is 1. The van der Waals surface area contributed by atoms with Crippen molar-refractivity contribution in [3.05, 3.63) is 47.7 Å². The fraction of sp³-hybridized carbons (Fsp3) is 0.353. The smallest absolute Gasteiger partial charge is 0.269 e. The summed E-state index contributed by atoms with van der Waals surface area (Å²) < 4.78 is 17.2. The first kappa shape index (κ1) is 19.3. The average molecular weight is 391 g/mol. The minimum Gasteiger partial charge on any atom is -0.365 e. The lowest BCUT2D eigenvalue weighted by molar-refractivity contribution is 0.0957. The summed E-state index contributed by atoms with van der Waals surface area (Å²) >= 11 is 1.01. The number of rotatable bonds is 6. The number of nitrogens with two attached hydrogens (primary N) is 1. The molecule has 10 heteroatoms. The van der Waals surface area contributed by atoms with Gasteiger partial charge in [0.2, 0.25) is 5.95 Å². The maximum Gasteiger partial charge on any atom is 0.269 e. The molecule has 0 saturated carbocycles. The Morgan fingerprint density at radius 3 is 2.74 bits per heavy atom. The van der Waals surface area contributed by atoms with E-state index in [0.29, 0.717) is 18.8 Å². The van der Waals surface area contributed by atoms with Crippen molar-refractivity contribution in [1.29, 1.82) is 0 Å². The van der Waals surface area contributed by atoms with Gasteiger partial charge in [-0.15, -0.1) is 0 Å². The Morgan fingerprint density at radius 2 is 2.07 bits per heavy atom. The van der Waals surface area contributed by atoms with Gasteiger partial charge in [-0.2, -0.15) is 4.39 Å². The number of pyridine rings is 2. The first-order valence-corrected chi connectivity index (χ1v) is 9.41. The largest absolute Gasteiger partial charge is 0.365 e. The number of hydrogen-bond acceptors (Lipinski definition) is 8. The van der Waals surface area contributed by atoms with Gasteiger partial charge in [-0.1, -0.05) is 0 Å². The summed E-state index contributed by atoms with van der Waals surface area (Å²) in [5, 5.41) is 7.85. The molecule has 1 fully saturated rings. The summed E-state index contributed by atoms with van der Waals surface area (Å²) in [4.78, 5) is 23.8. The molecule has 0 bridgehead atoms. The summed E-state index contributed by atoms with van der Waals surface area (Å²) in [5.74, 6) is -0.291. The van der Waals surface area contributed by atoms with E-state index in [0.717, 1.165) is 43.1 Å². The van der Waals surface area contributed by atoms with Crippen LogP contribution in [0.25, 0.3) is 0 Å². The summed E-state index contributed by atoms with van der Waals surface area (Å²) in [6.07, 6.45) is 1.75. The van der Waals surface area contributed by atoms with Gasteiger partial charge in [0.05, 0.1) is 5.69 Å². The van der Waals surface area contributed by atoms with E-state index < -0.39 is 11.9 Å². The SMILES string of the molecule is CNC(=O)c1ccc(N2CCN(Cc3ccnc(NSN)c3)CC2)c(F)n1. The standard InChI is InChI=1S/C17H22FN7OS/c1-20-17(26)13-2-3-14(16(18)22-13)25-8-6-24(7-9-25)11-12-4-5-21-15(10-12)23-27-19/h2-5,10H,6-9,11,19H2,1H3,(H,20,26)(H,21,23). The maximum absolute atomic E-state index is 14.3. The summed E-state index contributed by atoms with van der Waals surface area (Å²) in [6, 6.07) is 7.10. The highest BCUT2D eigenvalue weighted by atomic mass is 32.2. The van der Waals surface area contributed by atoms with Crippen LogP contribution >= 0.6 is 12.1 Å². The molecule has 0 aliphatic carbocycles. The molecule has 0 aromatic carbocycles. The van der Waals surface area contributed by atoms with E-state index >= 15 is 0 Å². The van der Waals surface area contributed by atoms with Gasteiger partial charge < -0.3 is 14.9 Å². The molecular formula is C17H22FN7OS. The van der Waals surface area contributed by atoms with Crippen molar-refractivity contribution in [2.75, 3.05) is 42.8 Å². The molecule has 0 atom stereocenters. The van der Waals surface area contributed by atoms with Crippen LogP contribution in [0.1, 0.15) is 16.1 Å². The van der Waals surface area contributed by atoms with Crippen molar-refractivity contribution in [3.8, 4) is 0 Å². The highest BCUT2D eigenvalue weighted by Gasteiger charge is 2.21. The zero-order valence-corrected chi connectivity index (χ0v) is 15.8. The maximum atomic E-state index is 14.3. The fourth-order valence-corrected chi connectivity index (χ4v) is 3.24. The third-order valence-corrected chi connectivity index (χ3v) is 4.72. The van der Waals surface area contributed by atoms with Gasteiger partial charge in [0.25, 0.3) is 5.91 Å². The van der Waals surface area contributed by atoms with Crippen molar-refractivity contribution in [2.24, 2.45) is 5.14 Å². The minimum atomic E-state index is -0.617. The molecule has 0 unspecified atom stereocenters. The molecule has 2 aromatic heterocycles. The zero-order valence-electron chi connectivity index (χ0n) is 15.0. The van der Waals surface area contributed by atoms with Crippen LogP contribution in [0.5, 0.6) is 0 Å². The predicted octanol–water partition coefficient (Wildman–Crippen LogP) is 1.23. The Bertz CT molecular complexity index is 799. The Kier molecular flexibility index (Phi) is 6.43. The molecule has 4 N–H and O–H groups in total. The molecule has 1 saturated heterocycles. The van der Waals surface area contributed by atoms with E-state index in [1.807, 2.05) is 17.0 Å². The van der Waals surface area contributed by atoms with Gasteiger partial charge in [-0.3, -0.25) is 14.8 Å². The highest BCUT2D eigenvalue weighted by Crippen LogP contribution is 2.21. The average Bonchev–Trinajstić information content (AvgIpc) is 2.68. The van der Waals surface area contributed by atoms with Crippen LogP contribution in [0.2, 0.25) is 0 Å². The van der Waals surface area contributed by atoms with Crippen molar-refractivity contribution in [2.45, 2.75) is 6.54 Å². The molecule has 2 aromatic rings. The molecule has 27 heavy (non-hydrogen) atoms. The van der Waals surface area contributed by atoms with Crippen LogP contribution in [0.4, 0.5) is 15.9 Å². The molecule has 3 rings (SSSR count). The van der Waals surface area contributed by atoms with Crippen LogP contribution in [-0.2, 0) is 6.54 Å². The van der Waals surface area contributed by atoms with Gasteiger partial charge in [-0.05, 0) is 29.8 Å². The van der Waals surface area contributed by atoms with E-state index in [-0.39, 0.29) is 5.69 Å². The summed E-state index contributed by atoms with van der Waals surface area (Å²) in [5.41, 5.74) is 1.64. The van der Waals surface area contributed by atoms with Gasteiger partial charge >= 0.3 is 0 Å². The van der Waals surface area contributed by atoms with Gasteiger partial charge in [0.15, 0.2) is 0 Å². The summed E-state index contributed by atoms with van der Waals surface area (Å²) in [6.45, 7) is 3.76. The Balaban J connectivity index is 1.59. The molecular weight excluding hydrogens is 369 g/mol. The second-order valence-corrected chi connectivity index (χ2v) is 6.56. The van der Waals surface area contributed by atoms with Gasteiger partial charge in [0, 0.05) is 58.1 Å². The number of anilines is 2. The number of nitrogens with zero attached hydrogens (tertiary/aromatic N) is 4. The Labute approximate surface area is 161 Å². The van der Waals surface area contributed by atoms with Crippen molar-refractivity contribution >= 4 is 29.5 Å². The molecule has 0 spiro atoms. The Hall–Kier alpha value is -2.43. The third-order valence-electron chi connectivity index (χ3n) is 4.40. The third kappa shape index (κ3) is 4.85. The van der Waals surface area contributed by atoms with E-state index in [9.17, 15) is 9.18 Å². The van der Waals surface area contributed by atoms with Gasteiger partial charge in [0.1, 0.15) is 11.5 Å². The molecule has 1 amide bonds. The minimum absolute atomic E-state index is 0.0788. The molecule has 0 radical (unpaired) electrons.